The Hall–Kier alpha value is -2.27. The lowest BCUT2D eigenvalue weighted by molar-refractivity contribution is 0.102. The van der Waals surface area contributed by atoms with Crippen LogP contribution in [0.3, 0.4) is 0 Å². The average Bonchev–Trinajstić information content (AvgIpc) is 2.51. The summed E-state index contributed by atoms with van der Waals surface area (Å²) in [5.41, 5.74) is 6.34. The molecule has 2 aromatic rings. The van der Waals surface area contributed by atoms with Gasteiger partial charge in [-0.3, -0.25) is 4.79 Å². The first-order valence-electron chi connectivity index (χ1n) is 7.66. The van der Waals surface area contributed by atoms with Crippen LogP contribution < -0.4 is 15.8 Å². The summed E-state index contributed by atoms with van der Waals surface area (Å²) in [6.45, 7) is 4.61. The minimum absolute atomic E-state index is 0.00722. The number of halogens is 2. The molecule has 0 heterocycles. The predicted molar refractivity (Wildman–Crippen MR) is 95.2 cm³/mol. The van der Waals surface area contributed by atoms with Crippen molar-refractivity contribution in [2.45, 2.75) is 20.3 Å². The topological polar surface area (TPSA) is 64.3 Å². The number of benzene rings is 2. The number of ether oxygens (including phenoxy) is 1. The molecule has 4 nitrogen and oxygen atoms in total. The molecule has 3 N–H and O–H groups in total. The first-order chi connectivity index (χ1) is 11.4. The zero-order valence-corrected chi connectivity index (χ0v) is 14.4. The van der Waals surface area contributed by atoms with Crippen molar-refractivity contribution in [3.8, 4) is 5.75 Å². The fraction of sp³-hybridized carbons (Fsp3) is 0.278. The number of nitrogen functional groups attached to an aromatic ring is 1. The molecule has 0 radical (unpaired) electrons. The van der Waals surface area contributed by atoms with Crippen molar-refractivity contribution in [3.63, 3.8) is 0 Å². The van der Waals surface area contributed by atoms with Crippen LogP contribution in [0.1, 0.15) is 30.6 Å². The summed E-state index contributed by atoms with van der Waals surface area (Å²) >= 11 is 6.00. The summed E-state index contributed by atoms with van der Waals surface area (Å²) < 4.78 is 19.7. The minimum atomic E-state index is -0.640. The van der Waals surface area contributed by atoms with Gasteiger partial charge in [-0.1, -0.05) is 37.6 Å². The monoisotopic (exact) mass is 350 g/mol. The van der Waals surface area contributed by atoms with Gasteiger partial charge in [0, 0.05) is 11.8 Å². The van der Waals surface area contributed by atoms with E-state index in [0.717, 1.165) is 12.5 Å². The number of nitrogens with one attached hydrogen (secondary N) is 1. The Morgan fingerprint density at radius 1 is 1.33 bits per heavy atom. The van der Waals surface area contributed by atoms with E-state index in [-0.39, 0.29) is 16.3 Å². The molecule has 1 amide bonds. The second kappa shape index (κ2) is 8.02. The van der Waals surface area contributed by atoms with Crippen LogP contribution in [0.4, 0.5) is 15.8 Å². The molecule has 0 fully saturated rings. The lowest BCUT2D eigenvalue weighted by Gasteiger charge is -2.13. The number of hydrogen-bond acceptors (Lipinski definition) is 3. The van der Waals surface area contributed by atoms with Gasteiger partial charge < -0.3 is 15.8 Å². The van der Waals surface area contributed by atoms with E-state index in [1.807, 2.05) is 0 Å². The number of nitrogens with two attached hydrogens (primary N) is 1. The molecule has 128 valence electrons. The van der Waals surface area contributed by atoms with Crippen LogP contribution in [0.5, 0.6) is 5.75 Å². The summed E-state index contributed by atoms with van der Waals surface area (Å²) in [5.74, 6) is -0.332. The molecule has 2 rings (SSSR count). The molecule has 2 aromatic carbocycles. The van der Waals surface area contributed by atoms with Crippen molar-refractivity contribution in [2.24, 2.45) is 5.92 Å². The number of para-hydroxylation sites is 1. The minimum Gasteiger partial charge on any atom is -0.492 e. The second-order valence-corrected chi connectivity index (χ2v) is 6.24. The van der Waals surface area contributed by atoms with Gasteiger partial charge in [0.25, 0.3) is 5.91 Å². The first kappa shape index (κ1) is 18.1. The Labute approximate surface area is 145 Å². The highest BCUT2D eigenvalue weighted by atomic mass is 35.5. The third kappa shape index (κ3) is 4.61. The zero-order valence-electron chi connectivity index (χ0n) is 13.6. The molecular weight excluding hydrogens is 331 g/mol. The van der Waals surface area contributed by atoms with E-state index in [9.17, 15) is 9.18 Å². The van der Waals surface area contributed by atoms with Crippen molar-refractivity contribution >= 4 is 28.9 Å². The molecule has 24 heavy (non-hydrogen) atoms. The number of hydrogen-bond donors (Lipinski definition) is 2. The average molecular weight is 351 g/mol. The van der Waals surface area contributed by atoms with Crippen LogP contribution in [0.2, 0.25) is 5.02 Å². The number of amides is 1. The fourth-order valence-electron chi connectivity index (χ4n) is 2.03. The van der Waals surface area contributed by atoms with E-state index in [1.54, 1.807) is 24.3 Å². The van der Waals surface area contributed by atoms with E-state index >= 15 is 0 Å². The molecule has 0 aliphatic rings. The van der Waals surface area contributed by atoms with Crippen molar-refractivity contribution in [1.29, 1.82) is 0 Å². The molecule has 0 unspecified atom stereocenters. The van der Waals surface area contributed by atoms with Crippen LogP contribution in [0.15, 0.2) is 36.4 Å². The number of carbonyl (C=O) groups excluding carboxylic acids is 1. The van der Waals surface area contributed by atoms with E-state index < -0.39 is 11.7 Å². The van der Waals surface area contributed by atoms with E-state index in [0.29, 0.717) is 24.0 Å². The SMILES string of the molecule is CC(C)CCOc1cc(NC(=O)c2ccccc2N)c(F)cc1Cl. The van der Waals surface area contributed by atoms with Crippen LogP contribution in [0, 0.1) is 11.7 Å². The van der Waals surface area contributed by atoms with Crippen molar-refractivity contribution in [1.82, 2.24) is 0 Å². The number of rotatable bonds is 6. The highest BCUT2D eigenvalue weighted by molar-refractivity contribution is 6.32. The maximum Gasteiger partial charge on any atom is 0.257 e. The summed E-state index contributed by atoms with van der Waals surface area (Å²) in [7, 11) is 0. The standard InChI is InChI=1S/C18H20ClFN2O2/c1-11(2)7-8-24-17-10-16(14(20)9-13(17)19)22-18(23)12-5-3-4-6-15(12)21/h3-6,9-11H,7-8,21H2,1-2H3,(H,22,23). The van der Waals surface area contributed by atoms with Gasteiger partial charge in [-0.2, -0.15) is 0 Å². The third-order valence-corrected chi connectivity index (χ3v) is 3.72. The second-order valence-electron chi connectivity index (χ2n) is 5.83. The molecule has 0 saturated heterocycles. The van der Waals surface area contributed by atoms with Gasteiger partial charge in [0.1, 0.15) is 11.6 Å². The molecule has 0 aromatic heterocycles. The molecule has 0 atom stereocenters. The summed E-state index contributed by atoms with van der Waals surface area (Å²) in [6, 6.07) is 9.08. The van der Waals surface area contributed by atoms with Crippen molar-refractivity contribution in [2.75, 3.05) is 17.7 Å². The predicted octanol–water partition coefficient (Wildman–Crippen LogP) is 4.74. The quantitative estimate of drug-likeness (QED) is 0.739. The molecular formula is C18H20ClFN2O2. The summed E-state index contributed by atoms with van der Waals surface area (Å²) in [6.07, 6.45) is 0.843. The van der Waals surface area contributed by atoms with Gasteiger partial charge >= 0.3 is 0 Å². The van der Waals surface area contributed by atoms with E-state index in [2.05, 4.69) is 19.2 Å². The van der Waals surface area contributed by atoms with Crippen molar-refractivity contribution in [3.05, 3.63) is 52.8 Å². The van der Waals surface area contributed by atoms with Gasteiger partial charge in [0.15, 0.2) is 0 Å². The molecule has 0 aliphatic carbocycles. The Morgan fingerprint density at radius 2 is 2.04 bits per heavy atom. The summed E-state index contributed by atoms with van der Waals surface area (Å²) in [5, 5.41) is 2.66. The van der Waals surface area contributed by atoms with Crippen LogP contribution in [-0.4, -0.2) is 12.5 Å². The van der Waals surface area contributed by atoms with E-state index in [4.69, 9.17) is 22.1 Å². The van der Waals surface area contributed by atoms with E-state index in [1.165, 1.54) is 6.07 Å². The number of carbonyl (C=O) groups is 1. The highest BCUT2D eigenvalue weighted by Crippen LogP contribution is 2.31. The first-order valence-corrected chi connectivity index (χ1v) is 8.04. The lowest BCUT2D eigenvalue weighted by atomic mass is 10.1. The normalized spacial score (nSPS) is 10.7. The highest BCUT2D eigenvalue weighted by Gasteiger charge is 2.15. The van der Waals surface area contributed by atoms with Gasteiger partial charge in [0.2, 0.25) is 0 Å². The Kier molecular flexibility index (Phi) is 6.04. The largest absolute Gasteiger partial charge is 0.492 e. The maximum atomic E-state index is 14.1. The Morgan fingerprint density at radius 3 is 2.71 bits per heavy atom. The molecule has 6 heteroatoms. The maximum absolute atomic E-state index is 14.1. The Balaban J connectivity index is 2.17. The van der Waals surface area contributed by atoms with Gasteiger partial charge in [0.05, 0.1) is 22.9 Å². The van der Waals surface area contributed by atoms with Crippen molar-refractivity contribution < 1.29 is 13.9 Å². The summed E-state index contributed by atoms with van der Waals surface area (Å²) in [4.78, 5) is 12.3. The fourth-order valence-corrected chi connectivity index (χ4v) is 2.24. The lowest BCUT2D eigenvalue weighted by Crippen LogP contribution is -2.15. The Bertz CT molecular complexity index is 735. The van der Waals surface area contributed by atoms with Crippen LogP contribution in [0.25, 0.3) is 0 Å². The van der Waals surface area contributed by atoms with Crippen LogP contribution >= 0.6 is 11.6 Å². The molecule has 0 spiro atoms. The molecule has 0 saturated carbocycles. The third-order valence-electron chi connectivity index (χ3n) is 3.43. The van der Waals surface area contributed by atoms with Gasteiger partial charge in [-0.05, 0) is 30.5 Å². The van der Waals surface area contributed by atoms with Gasteiger partial charge in [-0.25, -0.2) is 4.39 Å². The zero-order chi connectivity index (χ0) is 17.7. The molecule has 0 bridgehead atoms. The smallest absolute Gasteiger partial charge is 0.257 e. The van der Waals surface area contributed by atoms with Gasteiger partial charge in [-0.15, -0.1) is 0 Å². The number of anilines is 2. The van der Waals surface area contributed by atoms with Crippen LogP contribution in [-0.2, 0) is 0 Å². The molecule has 0 aliphatic heterocycles.